The minimum absolute atomic E-state index is 0.0235. The van der Waals surface area contributed by atoms with E-state index in [-0.39, 0.29) is 12.1 Å². The Morgan fingerprint density at radius 3 is 3.00 bits per heavy atom. The zero-order valence-corrected chi connectivity index (χ0v) is 9.92. The fourth-order valence-electron chi connectivity index (χ4n) is 2.07. The van der Waals surface area contributed by atoms with Crippen LogP contribution in [0.15, 0.2) is 0 Å². The van der Waals surface area contributed by atoms with Gasteiger partial charge in [0.15, 0.2) is 0 Å². The van der Waals surface area contributed by atoms with Crippen LogP contribution in [0, 0.1) is 5.92 Å². The molecule has 0 spiro atoms. The maximum absolute atomic E-state index is 11.5. The largest absolute Gasteiger partial charge is 0.463 e. The highest BCUT2D eigenvalue weighted by molar-refractivity contribution is 5.69. The number of rotatable bonds is 5. The van der Waals surface area contributed by atoms with Crippen molar-refractivity contribution in [1.82, 2.24) is 5.32 Å². The summed E-state index contributed by atoms with van der Waals surface area (Å²) in [7, 11) is 0. The van der Waals surface area contributed by atoms with Crippen molar-refractivity contribution < 1.29 is 9.53 Å². The van der Waals surface area contributed by atoms with Gasteiger partial charge in [-0.05, 0) is 45.2 Å². The summed E-state index contributed by atoms with van der Waals surface area (Å²) < 4.78 is 5.33. The van der Waals surface area contributed by atoms with E-state index >= 15 is 0 Å². The molecular weight excluding hydrogens is 190 g/mol. The number of hydrogen-bond acceptors (Lipinski definition) is 3. The Morgan fingerprint density at radius 2 is 2.40 bits per heavy atom. The van der Waals surface area contributed by atoms with Gasteiger partial charge in [0.25, 0.3) is 0 Å². The van der Waals surface area contributed by atoms with Gasteiger partial charge in [0.1, 0.15) is 0 Å². The van der Waals surface area contributed by atoms with Gasteiger partial charge in [-0.3, -0.25) is 4.79 Å². The average molecular weight is 213 g/mol. The SMILES string of the molecule is CCCC(C)OC(=O)CC1CCCNC1. The van der Waals surface area contributed by atoms with E-state index < -0.39 is 0 Å². The van der Waals surface area contributed by atoms with Crippen LogP contribution in [0.25, 0.3) is 0 Å². The summed E-state index contributed by atoms with van der Waals surface area (Å²) in [5, 5.41) is 3.31. The Morgan fingerprint density at radius 1 is 1.60 bits per heavy atom. The number of hydrogen-bond donors (Lipinski definition) is 1. The van der Waals surface area contributed by atoms with E-state index in [1.165, 1.54) is 6.42 Å². The minimum atomic E-state index is -0.0235. The summed E-state index contributed by atoms with van der Waals surface area (Å²) in [5.41, 5.74) is 0. The fourth-order valence-corrected chi connectivity index (χ4v) is 2.07. The molecule has 1 N–H and O–H groups in total. The van der Waals surface area contributed by atoms with Crippen LogP contribution in [0.3, 0.4) is 0 Å². The van der Waals surface area contributed by atoms with Gasteiger partial charge in [-0.25, -0.2) is 0 Å². The van der Waals surface area contributed by atoms with Crippen LogP contribution in [0.4, 0.5) is 0 Å². The standard InChI is InChI=1S/C12H23NO2/c1-3-5-10(2)15-12(14)8-11-6-4-7-13-9-11/h10-11,13H,3-9H2,1-2H3. The highest BCUT2D eigenvalue weighted by Crippen LogP contribution is 2.15. The average Bonchev–Trinajstić information content (AvgIpc) is 2.19. The highest BCUT2D eigenvalue weighted by Gasteiger charge is 2.18. The maximum Gasteiger partial charge on any atom is 0.306 e. The minimum Gasteiger partial charge on any atom is -0.463 e. The molecule has 2 atom stereocenters. The van der Waals surface area contributed by atoms with Crippen LogP contribution in [0.2, 0.25) is 0 Å². The predicted molar refractivity (Wildman–Crippen MR) is 60.7 cm³/mol. The lowest BCUT2D eigenvalue weighted by molar-refractivity contribution is -0.149. The lowest BCUT2D eigenvalue weighted by Gasteiger charge is -2.22. The Balaban J connectivity index is 2.16. The molecule has 0 aromatic carbocycles. The molecule has 1 fully saturated rings. The van der Waals surface area contributed by atoms with E-state index in [0.29, 0.717) is 12.3 Å². The van der Waals surface area contributed by atoms with Crippen LogP contribution in [0.1, 0.15) is 46.0 Å². The normalized spacial score (nSPS) is 23.5. The Hall–Kier alpha value is -0.570. The topological polar surface area (TPSA) is 38.3 Å². The first-order chi connectivity index (χ1) is 7.22. The first-order valence-electron chi connectivity index (χ1n) is 6.12. The van der Waals surface area contributed by atoms with Crippen molar-refractivity contribution in [2.45, 2.75) is 52.1 Å². The molecule has 1 rings (SSSR count). The molecule has 3 heteroatoms. The van der Waals surface area contributed by atoms with Gasteiger partial charge >= 0.3 is 5.97 Å². The van der Waals surface area contributed by atoms with Crippen LogP contribution in [0.5, 0.6) is 0 Å². The first-order valence-corrected chi connectivity index (χ1v) is 6.12. The van der Waals surface area contributed by atoms with Crippen LogP contribution in [-0.4, -0.2) is 25.2 Å². The van der Waals surface area contributed by atoms with Crippen molar-refractivity contribution in [3.05, 3.63) is 0 Å². The zero-order valence-electron chi connectivity index (χ0n) is 9.92. The van der Waals surface area contributed by atoms with Gasteiger partial charge in [-0.15, -0.1) is 0 Å². The molecule has 1 heterocycles. The molecule has 1 aliphatic heterocycles. The van der Waals surface area contributed by atoms with Crippen molar-refractivity contribution in [1.29, 1.82) is 0 Å². The number of carbonyl (C=O) groups excluding carboxylic acids is 1. The molecule has 15 heavy (non-hydrogen) atoms. The molecule has 0 amide bonds. The monoisotopic (exact) mass is 213 g/mol. The fraction of sp³-hybridized carbons (Fsp3) is 0.917. The van der Waals surface area contributed by atoms with Gasteiger partial charge in [-0.1, -0.05) is 13.3 Å². The van der Waals surface area contributed by atoms with E-state index in [0.717, 1.165) is 32.4 Å². The first kappa shape index (κ1) is 12.5. The van der Waals surface area contributed by atoms with Gasteiger partial charge in [-0.2, -0.15) is 0 Å². The predicted octanol–water partition coefficient (Wildman–Crippen LogP) is 2.11. The van der Waals surface area contributed by atoms with Gasteiger partial charge in [0, 0.05) is 6.42 Å². The number of nitrogens with one attached hydrogen (secondary N) is 1. The summed E-state index contributed by atoms with van der Waals surface area (Å²) in [5.74, 6) is 0.463. The van der Waals surface area contributed by atoms with Crippen molar-refractivity contribution in [3.63, 3.8) is 0 Å². The molecule has 0 aromatic heterocycles. The number of piperidine rings is 1. The summed E-state index contributed by atoms with van der Waals surface area (Å²) in [6, 6.07) is 0. The van der Waals surface area contributed by atoms with Crippen molar-refractivity contribution >= 4 is 5.97 Å². The van der Waals surface area contributed by atoms with Crippen LogP contribution in [-0.2, 0) is 9.53 Å². The molecular formula is C12H23NO2. The van der Waals surface area contributed by atoms with Gasteiger partial charge in [0.05, 0.1) is 6.10 Å². The molecule has 1 saturated heterocycles. The third kappa shape index (κ3) is 5.17. The highest BCUT2D eigenvalue weighted by atomic mass is 16.5. The Kier molecular flexibility index (Phi) is 5.69. The second-order valence-corrected chi connectivity index (χ2v) is 4.51. The molecule has 0 bridgehead atoms. The summed E-state index contributed by atoms with van der Waals surface area (Å²) in [4.78, 5) is 11.5. The molecule has 1 aliphatic rings. The van der Waals surface area contributed by atoms with E-state index in [9.17, 15) is 4.79 Å². The second kappa shape index (κ2) is 6.83. The lowest BCUT2D eigenvalue weighted by Crippen LogP contribution is -2.31. The van der Waals surface area contributed by atoms with E-state index in [1.807, 2.05) is 6.92 Å². The zero-order chi connectivity index (χ0) is 11.1. The van der Waals surface area contributed by atoms with Crippen molar-refractivity contribution in [2.75, 3.05) is 13.1 Å². The maximum atomic E-state index is 11.5. The Bertz CT molecular complexity index is 188. The Labute approximate surface area is 92.6 Å². The summed E-state index contributed by atoms with van der Waals surface area (Å²) in [6.07, 6.45) is 5.04. The summed E-state index contributed by atoms with van der Waals surface area (Å²) in [6.45, 7) is 6.14. The van der Waals surface area contributed by atoms with E-state index in [4.69, 9.17) is 4.74 Å². The molecule has 0 saturated carbocycles. The lowest BCUT2D eigenvalue weighted by atomic mass is 9.96. The third-order valence-corrected chi connectivity index (χ3v) is 2.88. The third-order valence-electron chi connectivity index (χ3n) is 2.88. The number of ether oxygens (including phenoxy) is 1. The van der Waals surface area contributed by atoms with Crippen LogP contribution < -0.4 is 5.32 Å². The van der Waals surface area contributed by atoms with Crippen molar-refractivity contribution in [3.8, 4) is 0 Å². The number of esters is 1. The van der Waals surface area contributed by atoms with Crippen LogP contribution >= 0.6 is 0 Å². The molecule has 88 valence electrons. The van der Waals surface area contributed by atoms with E-state index in [2.05, 4.69) is 12.2 Å². The smallest absolute Gasteiger partial charge is 0.306 e. The summed E-state index contributed by atoms with van der Waals surface area (Å²) >= 11 is 0. The van der Waals surface area contributed by atoms with Gasteiger partial charge in [0.2, 0.25) is 0 Å². The quantitative estimate of drug-likeness (QED) is 0.711. The molecule has 0 radical (unpaired) electrons. The molecule has 2 unspecified atom stereocenters. The van der Waals surface area contributed by atoms with Crippen molar-refractivity contribution in [2.24, 2.45) is 5.92 Å². The number of carbonyl (C=O) groups is 1. The molecule has 0 aromatic rings. The van der Waals surface area contributed by atoms with Gasteiger partial charge < -0.3 is 10.1 Å². The molecule has 3 nitrogen and oxygen atoms in total. The molecule has 0 aliphatic carbocycles. The van der Waals surface area contributed by atoms with E-state index in [1.54, 1.807) is 0 Å². The second-order valence-electron chi connectivity index (χ2n) is 4.51.